The van der Waals surface area contributed by atoms with Gasteiger partial charge in [0.15, 0.2) is 0 Å². The lowest BCUT2D eigenvalue weighted by Crippen LogP contribution is -2.45. The first-order chi connectivity index (χ1) is 15.0. The molecule has 2 aromatic rings. The average Bonchev–Trinajstić information content (AvgIpc) is 3.30. The van der Waals surface area contributed by atoms with Crippen LogP contribution in [0, 0.1) is 19.8 Å². The van der Waals surface area contributed by atoms with Crippen molar-refractivity contribution in [3.05, 3.63) is 53.6 Å². The summed E-state index contributed by atoms with van der Waals surface area (Å²) in [5, 5.41) is 6.05. The Hall–Kier alpha value is -3.02. The highest BCUT2D eigenvalue weighted by atomic mass is 16.2. The number of hydrogen-bond donors (Lipinski definition) is 2. The first-order valence-electron chi connectivity index (χ1n) is 11.3. The number of anilines is 3. The van der Waals surface area contributed by atoms with E-state index in [0.29, 0.717) is 13.1 Å². The number of amides is 3. The molecular weight excluding hydrogens is 388 g/mol. The molecule has 2 fully saturated rings. The van der Waals surface area contributed by atoms with E-state index in [4.69, 9.17) is 0 Å². The molecule has 2 aromatic carbocycles. The standard InChI is InChI=1S/C25H32N4O2/c1-18-7-5-9-21(15-18)26-25(31)29-14-6-8-20(17-29)24(30)27-23-11-10-22(16-19(23)2)28-12-3-4-13-28/h5,7,9-11,15-16,20H,3-4,6,8,12-14,17H2,1-2H3,(H,26,31)(H,27,30). The lowest BCUT2D eigenvalue weighted by atomic mass is 9.97. The molecular formula is C25H32N4O2. The Labute approximate surface area is 184 Å². The van der Waals surface area contributed by atoms with Crippen LogP contribution >= 0.6 is 0 Å². The Morgan fingerprint density at radius 1 is 0.935 bits per heavy atom. The van der Waals surface area contributed by atoms with Crippen molar-refractivity contribution >= 4 is 29.0 Å². The van der Waals surface area contributed by atoms with Crippen molar-refractivity contribution < 1.29 is 9.59 Å². The summed E-state index contributed by atoms with van der Waals surface area (Å²) in [6.07, 6.45) is 4.11. The number of nitrogens with zero attached hydrogens (tertiary/aromatic N) is 2. The quantitative estimate of drug-likeness (QED) is 0.748. The normalized spacial score (nSPS) is 18.7. The molecule has 0 bridgehead atoms. The van der Waals surface area contributed by atoms with Crippen LogP contribution in [0.5, 0.6) is 0 Å². The maximum Gasteiger partial charge on any atom is 0.321 e. The summed E-state index contributed by atoms with van der Waals surface area (Å²) in [6, 6.07) is 13.9. The number of urea groups is 1. The summed E-state index contributed by atoms with van der Waals surface area (Å²) >= 11 is 0. The molecule has 0 spiro atoms. The van der Waals surface area contributed by atoms with E-state index in [2.05, 4.69) is 27.7 Å². The van der Waals surface area contributed by atoms with Crippen molar-refractivity contribution in [1.82, 2.24) is 4.90 Å². The smallest absolute Gasteiger partial charge is 0.321 e. The van der Waals surface area contributed by atoms with Crippen LogP contribution in [-0.4, -0.2) is 43.0 Å². The molecule has 1 atom stereocenters. The van der Waals surface area contributed by atoms with Crippen LogP contribution in [0.25, 0.3) is 0 Å². The number of aryl methyl sites for hydroxylation is 2. The van der Waals surface area contributed by atoms with Gasteiger partial charge in [0, 0.05) is 43.2 Å². The van der Waals surface area contributed by atoms with Crippen LogP contribution in [0.1, 0.15) is 36.8 Å². The molecule has 6 nitrogen and oxygen atoms in total. The van der Waals surface area contributed by atoms with Crippen molar-refractivity contribution in [2.45, 2.75) is 39.5 Å². The molecule has 0 aromatic heterocycles. The van der Waals surface area contributed by atoms with Crippen molar-refractivity contribution in [1.29, 1.82) is 0 Å². The monoisotopic (exact) mass is 420 g/mol. The molecule has 2 saturated heterocycles. The van der Waals surface area contributed by atoms with Crippen molar-refractivity contribution in [3.8, 4) is 0 Å². The zero-order valence-corrected chi connectivity index (χ0v) is 18.5. The second-order valence-electron chi connectivity index (χ2n) is 8.77. The first-order valence-corrected chi connectivity index (χ1v) is 11.3. The first kappa shape index (κ1) is 21.2. The van der Waals surface area contributed by atoms with Gasteiger partial charge in [-0.15, -0.1) is 0 Å². The van der Waals surface area contributed by atoms with Crippen LogP contribution in [-0.2, 0) is 4.79 Å². The fourth-order valence-electron chi connectivity index (χ4n) is 4.50. The Balaban J connectivity index is 1.35. The van der Waals surface area contributed by atoms with Gasteiger partial charge >= 0.3 is 6.03 Å². The Morgan fingerprint density at radius 3 is 2.48 bits per heavy atom. The van der Waals surface area contributed by atoms with Gasteiger partial charge in [-0.05, 0) is 81.0 Å². The fourth-order valence-corrected chi connectivity index (χ4v) is 4.50. The summed E-state index contributed by atoms with van der Waals surface area (Å²) in [5.41, 5.74) is 5.03. The average molecular weight is 421 g/mol. The van der Waals surface area contributed by atoms with Crippen molar-refractivity contribution in [2.75, 3.05) is 41.7 Å². The molecule has 2 heterocycles. The zero-order chi connectivity index (χ0) is 21.8. The largest absolute Gasteiger partial charge is 0.372 e. The van der Waals surface area contributed by atoms with Gasteiger partial charge in [-0.1, -0.05) is 12.1 Å². The summed E-state index contributed by atoms with van der Waals surface area (Å²) in [7, 11) is 0. The Kier molecular flexibility index (Phi) is 6.44. The maximum atomic E-state index is 13.0. The number of carbonyl (C=O) groups is 2. The van der Waals surface area contributed by atoms with Crippen molar-refractivity contribution in [3.63, 3.8) is 0 Å². The van der Waals surface area contributed by atoms with Gasteiger partial charge in [0.25, 0.3) is 0 Å². The summed E-state index contributed by atoms with van der Waals surface area (Å²) in [5.74, 6) is -0.209. The molecule has 0 radical (unpaired) electrons. The molecule has 164 valence electrons. The minimum Gasteiger partial charge on any atom is -0.372 e. The zero-order valence-electron chi connectivity index (χ0n) is 18.5. The van der Waals surface area contributed by atoms with Crippen molar-refractivity contribution in [2.24, 2.45) is 5.92 Å². The molecule has 4 rings (SSSR count). The third kappa shape index (κ3) is 5.19. The topological polar surface area (TPSA) is 64.7 Å². The highest BCUT2D eigenvalue weighted by Gasteiger charge is 2.29. The van der Waals surface area contributed by atoms with Gasteiger partial charge in [0.1, 0.15) is 0 Å². The van der Waals surface area contributed by atoms with Gasteiger partial charge in [-0.2, -0.15) is 0 Å². The highest BCUT2D eigenvalue weighted by molar-refractivity contribution is 5.95. The fraction of sp³-hybridized carbons (Fsp3) is 0.440. The SMILES string of the molecule is Cc1cccc(NC(=O)N2CCCC(C(=O)Nc3ccc(N4CCCC4)cc3C)C2)c1. The molecule has 2 N–H and O–H groups in total. The number of nitrogens with one attached hydrogen (secondary N) is 2. The van der Waals surface area contributed by atoms with E-state index in [-0.39, 0.29) is 17.9 Å². The minimum absolute atomic E-state index is 0.00919. The highest BCUT2D eigenvalue weighted by Crippen LogP contribution is 2.27. The van der Waals surface area contributed by atoms with E-state index in [1.54, 1.807) is 4.90 Å². The van der Waals surface area contributed by atoms with E-state index < -0.39 is 0 Å². The lowest BCUT2D eigenvalue weighted by Gasteiger charge is -2.32. The van der Waals surface area contributed by atoms with Gasteiger partial charge < -0.3 is 20.4 Å². The number of benzene rings is 2. The van der Waals surface area contributed by atoms with E-state index in [0.717, 1.165) is 48.4 Å². The summed E-state index contributed by atoms with van der Waals surface area (Å²) in [4.78, 5) is 29.8. The number of rotatable bonds is 4. The molecule has 2 aliphatic rings. The van der Waals surface area contributed by atoms with Crippen LogP contribution in [0.4, 0.5) is 21.9 Å². The lowest BCUT2D eigenvalue weighted by molar-refractivity contribution is -0.121. The van der Waals surface area contributed by atoms with Gasteiger partial charge in [-0.3, -0.25) is 4.79 Å². The molecule has 3 amide bonds. The summed E-state index contributed by atoms with van der Waals surface area (Å²) < 4.78 is 0. The molecule has 0 saturated carbocycles. The second-order valence-corrected chi connectivity index (χ2v) is 8.77. The minimum atomic E-state index is -0.199. The Morgan fingerprint density at radius 2 is 1.74 bits per heavy atom. The molecule has 31 heavy (non-hydrogen) atoms. The molecule has 0 aliphatic carbocycles. The molecule has 6 heteroatoms. The van der Waals surface area contributed by atoms with Gasteiger partial charge in [0.2, 0.25) is 5.91 Å². The number of piperidine rings is 1. The predicted octanol–water partition coefficient (Wildman–Crippen LogP) is 4.79. The Bertz CT molecular complexity index is 952. The summed E-state index contributed by atoms with van der Waals surface area (Å²) in [6.45, 7) is 7.36. The van der Waals surface area contributed by atoms with Gasteiger partial charge in [-0.25, -0.2) is 4.79 Å². The number of likely N-dealkylation sites (tertiary alicyclic amines) is 1. The van der Waals surface area contributed by atoms with Crippen LogP contribution in [0.2, 0.25) is 0 Å². The van der Waals surface area contributed by atoms with E-state index in [9.17, 15) is 9.59 Å². The van der Waals surface area contributed by atoms with E-state index in [1.807, 2.05) is 44.2 Å². The molecule has 2 aliphatic heterocycles. The van der Waals surface area contributed by atoms with Crippen LogP contribution in [0.15, 0.2) is 42.5 Å². The van der Waals surface area contributed by atoms with E-state index in [1.165, 1.54) is 18.5 Å². The van der Waals surface area contributed by atoms with Crippen LogP contribution in [0.3, 0.4) is 0 Å². The third-order valence-corrected chi connectivity index (χ3v) is 6.29. The van der Waals surface area contributed by atoms with Gasteiger partial charge in [0.05, 0.1) is 5.92 Å². The second kappa shape index (κ2) is 9.41. The van der Waals surface area contributed by atoms with Crippen LogP contribution < -0.4 is 15.5 Å². The predicted molar refractivity (Wildman–Crippen MR) is 126 cm³/mol. The number of carbonyl (C=O) groups excluding carboxylic acids is 2. The molecule has 1 unspecified atom stereocenters. The maximum absolute atomic E-state index is 13.0. The number of hydrogen-bond acceptors (Lipinski definition) is 3. The van der Waals surface area contributed by atoms with E-state index >= 15 is 0 Å². The third-order valence-electron chi connectivity index (χ3n) is 6.29.